The summed E-state index contributed by atoms with van der Waals surface area (Å²) in [6.45, 7) is 4.65. The summed E-state index contributed by atoms with van der Waals surface area (Å²) < 4.78 is 5.87. The van der Waals surface area contributed by atoms with Gasteiger partial charge in [0.1, 0.15) is 5.60 Å². The van der Waals surface area contributed by atoms with Crippen molar-refractivity contribution < 1.29 is 9.66 Å². The van der Waals surface area contributed by atoms with E-state index in [1.165, 1.54) is 0 Å². The van der Waals surface area contributed by atoms with Gasteiger partial charge < -0.3 is 4.74 Å². The van der Waals surface area contributed by atoms with Crippen LogP contribution in [0.1, 0.15) is 25.8 Å². The van der Waals surface area contributed by atoms with Gasteiger partial charge >= 0.3 is 0 Å². The first kappa shape index (κ1) is 15.2. The van der Waals surface area contributed by atoms with Crippen LogP contribution in [-0.2, 0) is 4.74 Å². The van der Waals surface area contributed by atoms with E-state index in [9.17, 15) is 10.1 Å². The lowest BCUT2D eigenvalue weighted by Gasteiger charge is -2.30. The Bertz CT molecular complexity index is 767. The van der Waals surface area contributed by atoms with Crippen LogP contribution in [0.25, 0.3) is 11.1 Å². The van der Waals surface area contributed by atoms with Crippen LogP contribution in [-0.4, -0.2) is 23.0 Å². The standard InChI is InChI=1S/C18H18N2O3/c1-18(2)10-11-19-17(23-18)14-8-9-15(16(12-14)20(21)22)13-6-4-3-5-7-13/h3-9,12H,10-11H2,1-2H3. The smallest absolute Gasteiger partial charge is 0.277 e. The lowest BCUT2D eigenvalue weighted by atomic mass is 10.00. The molecule has 2 aromatic rings. The molecule has 0 aromatic heterocycles. The number of ether oxygens (including phenoxy) is 1. The molecule has 0 saturated carbocycles. The van der Waals surface area contributed by atoms with Crippen LogP contribution in [0.3, 0.4) is 0 Å². The van der Waals surface area contributed by atoms with Crippen molar-refractivity contribution in [2.24, 2.45) is 4.99 Å². The van der Waals surface area contributed by atoms with Crippen LogP contribution in [0, 0.1) is 10.1 Å². The quantitative estimate of drug-likeness (QED) is 0.630. The van der Waals surface area contributed by atoms with Gasteiger partial charge in [-0.25, -0.2) is 0 Å². The maximum atomic E-state index is 11.5. The van der Waals surface area contributed by atoms with E-state index in [1.807, 2.05) is 50.2 Å². The minimum Gasteiger partial charge on any atom is -0.471 e. The molecule has 23 heavy (non-hydrogen) atoms. The highest BCUT2D eigenvalue weighted by Gasteiger charge is 2.27. The molecule has 2 aromatic carbocycles. The van der Waals surface area contributed by atoms with Crippen molar-refractivity contribution in [1.82, 2.24) is 0 Å². The largest absolute Gasteiger partial charge is 0.471 e. The average Bonchev–Trinajstić information content (AvgIpc) is 2.54. The van der Waals surface area contributed by atoms with Gasteiger partial charge in [0.05, 0.1) is 10.5 Å². The number of hydrogen-bond acceptors (Lipinski definition) is 4. The van der Waals surface area contributed by atoms with Crippen molar-refractivity contribution in [2.45, 2.75) is 25.9 Å². The van der Waals surface area contributed by atoms with E-state index in [0.717, 1.165) is 12.0 Å². The molecule has 1 aliphatic rings. The molecule has 3 rings (SSSR count). The van der Waals surface area contributed by atoms with Gasteiger partial charge in [-0.2, -0.15) is 0 Å². The fourth-order valence-corrected chi connectivity index (χ4v) is 2.60. The van der Waals surface area contributed by atoms with Gasteiger partial charge in [0.25, 0.3) is 5.69 Å². The Kier molecular flexibility index (Phi) is 3.86. The van der Waals surface area contributed by atoms with E-state index in [-0.39, 0.29) is 16.2 Å². The predicted molar refractivity (Wildman–Crippen MR) is 89.7 cm³/mol. The van der Waals surface area contributed by atoms with Crippen LogP contribution in [0.4, 0.5) is 5.69 Å². The molecule has 0 saturated heterocycles. The molecule has 0 radical (unpaired) electrons. The van der Waals surface area contributed by atoms with Crippen molar-refractivity contribution in [2.75, 3.05) is 6.54 Å². The zero-order valence-electron chi connectivity index (χ0n) is 13.2. The van der Waals surface area contributed by atoms with Crippen molar-refractivity contribution in [1.29, 1.82) is 0 Å². The minimum atomic E-state index is -0.361. The summed E-state index contributed by atoms with van der Waals surface area (Å²) in [7, 11) is 0. The topological polar surface area (TPSA) is 64.7 Å². The van der Waals surface area contributed by atoms with E-state index in [1.54, 1.807) is 12.1 Å². The fourth-order valence-electron chi connectivity index (χ4n) is 2.60. The lowest BCUT2D eigenvalue weighted by molar-refractivity contribution is -0.384. The number of nitro groups is 1. The van der Waals surface area contributed by atoms with Gasteiger partial charge in [-0.1, -0.05) is 30.3 Å². The molecule has 5 nitrogen and oxygen atoms in total. The number of benzene rings is 2. The average molecular weight is 310 g/mol. The Morgan fingerprint density at radius 3 is 2.52 bits per heavy atom. The molecule has 0 spiro atoms. The summed E-state index contributed by atoms with van der Waals surface area (Å²) in [6.07, 6.45) is 0.834. The molecular formula is C18H18N2O3. The molecule has 0 bridgehead atoms. The summed E-state index contributed by atoms with van der Waals surface area (Å²) in [5.41, 5.74) is 1.81. The zero-order chi connectivity index (χ0) is 16.4. The molecule has 0 fully saturated rings. The van der Waals surface area contributed by atoms with E-state index >= 15 is 0 Å². The Hall–Kier alpha value is -2.69. The van der Waals surface area contributed by atoms with E-state index < -0.39 is 0 Å². The SMILES string of the molecule is CC1(C)CCN=C(c2ccc(-c3ccccc3)c([N+](=O)[O-])c2)O1. The van der Waals surface area contributed by atoms with Crippen LogP contribution < -0.4 is 0 Å². The number of aliphatic imine (C=N–C) groups is 1. The second-order valence-electron chi connectivity index (χ2n) is 6.15. The maximum absolute atomic E-state index is 11.5. The highest BCUT2D eigenvalue weighted by atomic mass is 16.6. The molecule has 0 aliphatic carbocycles. The predicted octanol–water partition coefficient (Wildman–Crippen LogP) is 4.21. The number of nitro benzene ring substituents is 1. The van der Waals surface area contributed by atoms with E-state index in [4.69, 9.17) is 4.74 Å². The molecule has 118 valence electrons. The van der Waals surface area contributed by atoms with Gasteiger partial charge in [-0.15, -0.1) is 0 Å². The lowest BCUT2D eigenvalue weighted by Crippen LogP contribution is -2.33. The first-order valence-corrected chi connectivity index (χ1v) is 7.54. The minimum absolute atomic E-state index is 0.0587. The first-order valence-electron chi connectivity index (χ1n) is 7.54. The third kappa shape index (κ3) is 3.23. The molecule has 0 N–H and O–H groups in total. The van der Waals surface area contributed by atoms with Crippen LogP contribution in [0.5, 0.6) is 0 Å². The van der Waals surface area contributed by atoms with E-state index in [2.05, 4.69) is 4.99 Å². The molecule has 5 heteroatoms. The molecule has 0 unspecified atom stereocenters. The second kappa shape index (κ2) is 5.83. The van der Waals surface area contributed by atoms with Crippen molar-refractivity contribution >= 4 is 11.6 Å². The summed E-state index contributed by atoms with van der Waals surface area (Å²) in [5, 5.41) is 11.5. The number of rotatable bonds is 3. The highest BCUT2D eigenvalue weighted by Crippen LogP contribution is 2.32. The van der Waals surface area contributed by atoms with Crippen molar-refractivity contribution in [3.05, 3.63) is 64.2 Å². The van der Waals surface area contributed by atoms with Gasteiger partial charge in [0.2, 0.25) is 5.90 Å². The third-order valence-electron chi connectivity index (χ3n) is 3.87. The summed E-state index contributed by atoms with van der Waals surface area (Å²) >= 11 is 0. The molecule has 0 atom stereocenters. The monoisotopic (exact) mass is 310 g/mol. The Labute approximate surface area is 134 Å². The van der Waals surface area contributed by atoms with Crippen LogP contribution >= 0.6 is 0 Å². The normalized spacial score (nSPS) is 16.3. The van der Waals surface area contributed by atoms with Crippen LogP contribution in [0.15, 0.2) is 53.5 Å². The summed E-state index contributed by atoms with van der Waals surface area (Å²) in [4.78, 5) is 15.5. The zero-order valence-corrected chi connectivity index (χ0v) is 13.2. The summed E-state index contributed by atoms with van der Waals surface area (Å²) in [6, 6.07) is 14.5. The van der Waals surface area contributed by atoms with Gasteiger partial charge in [0, 0.05) is 24.6 Å². The number of nitrogens with zero attached hydrogens (tertiary/aromatic N) is 2. The van der Waals surface area contributed by atoms with Crippen molar-refractivity contribution in [3.8, 4) is 11.1 Å². The third-order valence-corrected chi connectivity index (χ3v) is 3.87. The van der Waals surface area contributed by atoms with Crippen LogP contribution in [0.2, 0.25) is 0 Å². The van der Waals surface area contributed by atoms with Crippen molar-refractivity contribution in [3.63, 3.8) is 0 Å². The number of hydrogen-bond donors (Lipinski definition) is 0. The molecule has 1 aliphatic heterocycles. The Morgan fingerprint density at radius 2 is 1.87 bits per heavy atom. The van der Waals surface area contributed by atoms with E-state index in [0.29, 0.717) is 23.6 Å². The van der Waals surface area contributed by atoms with Gasteiger partial charge in [0.15, 0.2) is 0 Å². The second-order valence-corrected chi connectivity index (χ2v) is 6.15. The van der Waals surface area contributed by atoms with Gasteiger partial charge in [-0.05, 0) is 31.5 Å². The maximum Gasteiger partial charge on any atom is 0.277 e. The molecular weight excluding hydrogens is 292 g/mol. The first-order chi connectivity index (χ1) is 11.0. The Morgan fingerprint density at radius 1 is 1.13 bits per heavy atom. The summed E-state index contributed by atoms with van der Waals surface area (Å²) in [5.74, 6) is 0.476. The molecule has 1 heterocycles. The van der Waals surface area contributed by atoms with Gasteiger partial charge in [-0.3, -0.25) is 15.1 Å². The fraction of sp³-hybridized carbons (Fsp3) is 0.278. The Balaban J connectivity index is 2.04. The molecule has 0 amide bonds. The highest BCUT2D eigenvalue weighted by molar-refractivity contribution is 5.96.